The number of anilines is 1. The zero-order valence-electron chi connectivity index (χ0n) is 20.7. The van der Waals surface area contributed by atoms with Crippen molar-refractivity contribution in [1.82, 2.24) is 24.6 Å². The summed E-state index contributed by atoms with van der Waals surface area (Å²) >= 11 is 0. The van der Waals surface area contributed by atoms with Crippen molar-refractivity contribution >= 4 is 16.7 Å². The van der Waals surface area contributed by atoms with Crippen LogP contribution in [0.2, 0.25) is 0 Å². The number of methoxy groups -OCH3 is 1. The fourth-order valence-electron chi connectivity index (χ4n) is 6.30. The number of hydrogen-bond donors (Lipinski definition) is 1. The molecule has 4 atom stereocenters. The number of ether oxygens (including phenoxy) is 3. The van der Waals surface area contributed by atoms with Gasteiger partial charge >= 0.3 is 6.01 Å². The minimum atomic E-state index is -0.412. The lowest BCUT2D eigenvalue weighted by Crippen LogP contribution is -2.55. The normalized spacial score (nSPS) is 28.7. The highest BCUT2D eigenvalue weighted by molar-refractivity contribution is 5.82. The molecule has 4 fully saturated rings. The second-order valence-electron chi connectivity index (χ2n) is 10.5. The van der Waals surface area contributed by atoms with Crippen molar-refractivity contribution in [3.05, 3.63) is 35.5 Å². The molecule has 6 heterocycles. The molecule has 2 bridgehead atoms. The van der Waals surface area contributed by atoms with Crippen molar-refractivity contribution in [3.63, 3.8) is 0 Å². The van der Waals surface area contributed by atoms with Gasteiger partial charge in [-0.25, -0.2) is 4.68 Å². The van der Waals surface area contributed by atoms with Crippen molar-refractivity contribution in [1.29, 1.82) is 0 Å². The summed E-state index contributed by atoms with van der Waals surface area (Å²) in [6.07, 6.45) is 3.69. The molecule has 0 radical (unpaired) electrons. The molecular formula is C26H32N6O4. The molecule has 7 rings (SSSR count). The lowest BCUT2D eigenvalue weighted by Gasteiger charge is -2.43. The number of aromatic nitrogens is 4. The third-order valence-corrected chi connectivity index (χ3v) is 8.38. The number of β-amino-alcohol motifs (C(OH)–C–C–N with tert-alkyl or cyclic N) is 1. The largest absolute Gasteiger partial charge is 0.467 e. The summed E-state index contributed by atoms with van der Waals surface area (Å²) in [7, 11) is 1.59. The molecular weight excluding hydrogens is 460 g/mol. The number of rotatable bonds is 5. The molecule has 36 heavy (non-hydrogen) atoms. The van der Waals surface area contributed by atoms with Gasteiger partial charge in [-0.05, 0) is 49.6 Å². The smallest absolute Gasteiger partial charge is 0.320 e. The zero-order valence-corrected chi connectivity index (χ0v) is 20.7. The van der Waals surface area contributed by atoms with Gasteiger partial charge < -0.3 is 24.2 Å². The van der Waals surface area contributed by atoms with Gasteiger partial charge in [0.2, 0.25) is 0 Å². The average molecular weight is 493 g/mol. The molecule has 0 saturated carbocycles. The van der Waals surface area contributed by atoms with E-state index in [1.54, 1.807) is 7.11 Å². The Balaban J connectivity index is 1.24. The molecule has 190 valence electrons. The number of piperidine rings is 1. The molecule has 2 unspecified atom stereocenters. The Bertz CT molecular complexity index is 1290. The van der Waals surface area contributed by atoms with Crippen LogP contribution in [-0.4, -0.2) is 101 Å². The monoisotopic (exact) mass is 492 g/mol. The summed E-state index contributed by atoms with van der Waals surface area (Å²) < 4.78 is 18.5. The third kappa shape index (κ3) is 3.66. The summed E-state index contributed by atoms with van der Waals surface area (Å²) in [6.45, 7) is 6.90. The van der Waals surface area contributed by atoms with Gasteiger partial charge in [0.25, 0.3) is 0 Å². The molecule has 10 nitrogen and oxygen atoms in total. The van der Waals surface area contributed by atoms with E-state index in [1.807, 2.05) is 16.9 Å². The zero-order chi connectivity index (χ0) is 24.4. The van der Waals surface area contributed by atoms with Crippen LogP contribution >= 0.6 is 0 Å². The van der Waals surface area contributed by atoms with Gasteiger partial charge in [0, 0.05) is 30.5 Å². The van der Waals surface area contributed by atoms with Crippen LogP contribution in [0.1, 0.15) is 29.9 Å². The second-order valence-corrected chi connectivity index (χ2v) is 10.5. The number of likely N-dealkylation sites (tertiary alicyclic amines) is 1. The lowest BCUT2D eigenvalue weighted by molar-refractivity contribution is -0.0888. The quantitative estimate of drug-likeness (QED) is 0.570. The predicted octanol–water partition coefficient (Wildman–Crippen LogP) is 1.66. The van der Waals surface area contributed by atoms with E-state index in [9.17, 15) is 5.11 Å². The molecule has 10 heteroatoms. The lowest BCUT2D eigenvalue weighted by atomic mass is 9.83. The van der Waals surface area contributed by atoms with E-state index in [2.05, 4.69) is 38.8 Å². The Labute approximate surface area is 209 Å². The van der Waals surface area contributed by atoms with Crippen molar-refractivity contribution < 1.29 is 19.3 Å². The van der Waals surface area contributed by atoms with E-state index in [1.165, 1.54) is 11.1 Å². The molecule has 3 aromatic rings. The molecule has 1 aromatic carbocycles. The second kappa shape index (κ2) is 8.65. The van der Waals surface area contributed by atoms with Crippen molar-refractivity contribution in [2.24, 2.45) is 0 Å². The summed E-state index contributed by atoms with van der Waals surface area (Å²) in [5.74, 6) is 1.60. The fraction of sp³-hybridized carbons (Fsp3) is 0.577. The van der Waals surface area contributed by atoms with Gasteiger partial charge in [-0.1, -0.05) is 0 Å². The highest BCUT2D eigenvalue weighted by Gasteiger charge is 2.40. The molecule has 0 amide bonds. The molecule has 4 aliphatic heterocycles. The van der Waals surface area contributed by atoms with Gasteiger partial charge in [0.05, 0.1) is 62.9 Å². The van der Waals surface area contributed by atoms with E-state index in [4.69, 9.17) is 19.3 Å². The van der Waals surface area contributed by atoms with E-state index in [0.29, 0.717) is 30.5 Å². The van der Waals surface area contributed by atoms with E-state index in [0.717, 1.165) is 62.5 Å². The SMILES string of the molecule is COc1nc(N2CC3CC2CO3)cc(-n2ncc3cc(C)c([C@H]4CCN(C5COC5)C[C@@H]4O)cc32)n1. The third-order valence-electron chi connectivity index (χ3n) is 8.38. The van der Waals surface area contributed by atoms with Crippen LogP contribution in [0.4, 0.5) is 5.82 Å². The number of aliphatic hydroxyl groups is 1. The number of aliphatic hydroxyl groups excluding tert-OH is 1. The van der Waals surface area contributed by atoms with Crippen molar-refractivity contribution in [3.8, 4) is 11.8 Å². The summed E-state index contributed by atoms with van der Waals surface area (Å²) in [4.78, 5) is 13.9. The Morgan fingerprint density at radius 2 is 1.92 bits per heavy atom. The molecule has 1 N–H and O–H groups in total. The van der Waals surface area contributed by atoms with Gasteiger partial charge in [0.1, 0.15) is 5.82 Å². The van der Waals surface area contributed by atoms with Gasteiger partial charge in [-0.15, -0.1) is 0 Å². The Morgan fingerprint density at radius 3 is 2.61 bits per heavy atom. The van der Waals surface area contributed by atoms with Crippen LogP contribution in [-0.2, 0) is 9.47 Å². The fourth-order valence-corrected chi connectivity index (χ4v) is 6.30. The van der Waals surface area contributed by atoms with Gasteiger partial charge in [-0.2, -0.15) is 15.1 Å². The summed E-state index contributed by atoms with van der Waals surface area (Å²) in [5, 5.41) is 16.9. The van der Waals surface area contributed by atoms with E-state index >= 15 is 0 Å². The molecule has 4 saturated heterocycles. The summed E-state index contributed by atoms with van der Waals surface area (Å²) in [6, 6.07) is 7.46. The van der Waals surface area contributed by atoms with Gasteiger partial charge in [-0.3, -0.25) is 4.90 Å². The van der Waals surface area contributed by atoms with Crippen LogP contribution in [0.3, 0.4) is 0 Å². The van der Waals surface area contributed by atoms with E-state index in [-0.39, 0.29) is 12.0 Å². The Hall–Kier alpha value is -2.79. The van der Waals surface area contributed by atoms with Crippen LogP contribution in [0.25, 0.3) is 16.7 Å². The highest BCUT2D eigenvalue weighted by Crippen LogP contribution is 2.36. The number of benzene rings is 1. The first-order valence-corrected chi connectivity index (χ1v) is 12.9. The first kappa shape index (κ1) is 22.4. The van der Waals surface area contributed by atoms with Crippen molar-refractivity contribution in [2.75, 3.05) is 51.5 Å². The highest BCUT2D eigenvalue weighted by atomic mass is 16.5. The number of fused-ring (bicyclic) bond motifs is 3. The predicted molar refractivity (Wildman–Crippen MR) is 133 cm³/mol. The number of nitrogens with zero attached hydrogens (tertiary/aromatic N) is 6. The van der Waals surface area contributed by atoms with Gasteiger partial charge in [0.15, 0.2) is 5.82 Å². The number of hydrogen-bond acceptors (Lipinski definition) is 9. The molecule has 2 aromatic heterocycles. The maximum atomic E-state index is 11.1. The van der Waals surface area contributed by atoms with Crippen LogP contribution in [0.15, 0.2) is 24.4 Å². The maximum Gasteiger partial charge on any atom is 0.320 e. The number of morpholine rings is 1. The first-order valence-electron chi connectivity index (χ1n) is 12.9. The number of aryl methyl sites for hydroxylation is 1. The van der Waals surface area contributed by atoms with Crippen molar-refractivity contribution in [2.45, 2.75) is 50.0 Å². The van der Waals surface area contributed by atoms with Crippen LogP contribution in [0, 0.1) is 6.92 Å². The Kier molecular flexibility index (Phi) is 5.39. The molecule has 4 aliphatic rings. The van der Waals surface area contributed by atoms with E-state index < -0.39 is 6.10 Å². The minimum absolute atomic E-state index is 0.0886. The molecule has 0 spiro atoms. The van der Waals surface area contributed by atoms with Crippen LogP contribution in [0.5, 0.6) is 6.01 Å². The van der Waals surface area contributed by atoms with Crippen LogP contribution < -0.4 is 9.64 Å². The Morgan fingerprint density at radius 1 is 1.06 bits per heavy atom. The molecule has 0 aliphatic carbocycles. The maximum absolute atomic E-state index is 11.1. The first-order chi connectivity index (χ1) is 17.6. The standard InChI is InChI=1S/C26H32N6O4/c1-15-5-16-9-27-32(22(16)7-21(15)20-3-4-30(11-23(20)33)18-12-35-13-18)25-8-24(28-26(29-25)34-2)31-10-19-6-17(31)14-36-19/h5,7-9,17-20,23,33H,3-4,6,10-14H2,1-2H3/t17?,19?,20-,23+/m1/s1. The summed E-state index contributed by atoms with van der Waals surface area (Å²) in [5.41, 5.74) is 3.33. The average Bonchev–Trinajstić information content (AvgIpc) is 3.58. The minimum Gasteiger partial charge on any atom is -0.467 e. The topological polar surface area (TPSA) is 98.0 Å².